The Morgan fingerprint density at radius 2 is 2.05 bits per heavy atom. The Labute approximate surface area is 124 Å². The number of likely N-dealkylation sites (tertiary alicyclic amines) is 1. The molecule has 0 spiro atoms. The van der Waals surface area contributed by atoms with Gasteiger partial charge in [-0.15, -0.1) is 0 Å². The number of methoxy groups -OCH3 is 1. The number of hydrogen-bond acceptors (Lipinski definition) is 3. The molecule has 1 aliphatic heterocycles. The molecule has 114 valence electrons. The minimum absolute atomic E-state index is 0.104. The Morgan fingerprint density at radius 1 is 1.33 bits per heavy atom. The van der Waals surface area contributed by atoms with Crippen molar-refractivity contribution < 1.29 is 19.4 Å². The number of aryl methyl sites for hydroxylation is 1. The van der Waals surface area contributed by atoms with E-state index in [4.69, 9.17) is 9.84 Å². The monoisotopic (exact) mass is 291 g/mol. The SMILES string of the molecule is COc1ccc(CCC(=O)N2CCC(CC(=O)O)C2)cc1. The van der Waals surface area contributed by atoms with Crippen LogP contribution in [0, 0.1) is 5.92 Å². The van der Waals surface area contributed by atoms with Crippen LogP contribution in [-0.2, 0) is 16.0 Å². The zero-order valence-electron chi connectivity index (χ0n) is 12.2. The van der Waals surface area contributed by atoms with Gasteiger partial charge in [0.1, 0.15) is 5.75 Å². The molecule has 1 aromatic rings. The first-order chi connectivity index (χ1) is 10.1. The average molecular weight is 291 g/mol. The van der Waals surface area contributed by atoms with Gasteiger partial charge in [-0.05, 0) is 36.5 Å². The maximum Gasteiger partial charge on any atom is 0.303 e. The average Bonchev–Trinajstić information content (AvgIpc) is 2.93. The minimum atomic E-state index is -0.785. The lowest BCUT2D eigenvalue weighted by Crippen LogP contribution is -2.29. The molecule has 2 rings (SSSR count). The topological polar surface area (TPSA) is 66.8 Å². The van der Waals surface area contributed by atoms with Crippen molar-refractivity contribution in [3.05, 3.63) is 29.8 Å². The van der Waals surface area contributed by atoms with Gasteiger partial charge in [0.05, 0.1) is 7.11 Å². The number of ether oxygens (including phenoxy) is 1. The van der Waals surface area contributed by atoms with Crippen LogP contribution in [-0.4, -0.2) is 42.1 Å². The zero-order chi connectivity index (χ0) is 15.2. The predicted molar refractivity (Wildman–Crippen MR) is 78.3 cm³/mol. The van der Waals surface area contributed by atoms with Gasteiger partial charge in [0.2, 0.25) is 5.91 Å². The molecule has 1 aromatic carbocycles. The molecule has 1 fully saturated rings. The predicted octanol–water partition coefficient (Wildman–Crippen LogP) is 1.95. The van der Waals surface area contributed by atoms with Gasteiger partial charge in [-0.2, -0.15) is 0 Å². The molecule has 21 heavy (non-hydrogen) atoms. The number of carbonyl (C=O) groups excluding carboxylic acids is 1. The molecule has 1 saturated heterocycles. The van der Waals surface area contributed by atoms with Gasteiger partial charge in [0.15, 0.2) is 0 Å². The van der Waals surface area contributed by atoms with E-state index in [0.29, 0.717) is 25.9 Å². The molecule has 5 heteroatoms. The lowest BCUT2D eigenvalue weighted by Gasteiger charge is -2.16. The summed E-state index contributed by atoms with van der Waals surface area (Å²) in [5.74, 6) is 0.236. The molecular formula is C16H21NO4. The summed E-state index contributed by atoms with van der Waals surface area (Å²) in [5.41, 5.74) is 1.10. The third-order valence-electron chi connectivity index (χ3n) is 3.89. The fraction of sp³-hybridized carbons (Fsp3) is 0.500. The van der Waals surface area contributed by atoms with Crippen molar-refractivity contribution in [1.82, 2.24) is 4.90 Å². The van der Waals surface area contributed by atoms with E-state index in [1.54, 1.807) is 12.0 Å². The van der Waals surface area contributed by atoms with E-state index in [2.05, 4.69) is 0 Å². The number of hydrogen-bond donors (Lipinski definition) is 1. The largest absolute Gasteiger partial charge is 0.497 e. The second kappa shape index (κ2) is 7.11. The van der Waals surface area contributed by atoms with Crippen LogP contribution in [0.25, 0.3) is 0 Å². The zero-order valence-corrected chi connectivity index (χ0v) is 12.2. The smallest absolute Gasteiger partial charge is 0.303 e. The number of benzene rings is 1. The molecule has 1 amide bonds. The van der Waals surface area contributed by atoms with Crippen molar-refractivity contribution in [2.45, 2.75) is 25.7 Å². The number of carboxylic acid groups (broad SMARTS) is 1. The Balaban J connectivity index is 1.78. The lowest BCUT2D eigenvalue weighted by atomic mass is 10.1. The third-order valence-corrected chi connectivity index (χ3v) is 3.89. The first-order valence-electron chi connectivity index (χ1n) is 7.21. The first kappa shape index (κ1) is 15.4. The molecule has 1 heterocycles. The summed E-state index contributed by atoms with van der Waals surface area (Å²) in [6, 6.07) is 7.70. The molecule has 0 aliphatic carbocycles. The Morgan fingerprint density at radius 3 is 2.67 bits per heavy atom. The second-order valence-electron chi connectivity index (χ2n) is 5.44. The van der Waals surface area contributed by atoms with E-state index in [1.807, 2.05) is 24.3 Å². The van der Waals surface area contributed by atoms with E-state index in [-0.39, 0.29) is 18.2 Å². The van der Waals surface area contributed by atoms with Gasteiger partial charge in [-0.25, -0.2) is 0 Å². The fourth-order valence-corrected chi connectivity index (χ4v) is 2.67. The van der Waals surface area contributed by atoms with Crippen molar-refractivity contribution in [2.75, 3.05) is 20.2 Å². The van der Waals surface area contributed by atoms with Crippen LogP contribution in [0.1, 0.15) is 24.8 Å². The van der Waals surface area contributed by atoms with E-state index >= 15 is 0 Å². The number of carboxylic acids is 1. The fourth-order valence-electron chi connectivity index (χ4n) is 2.67. The quantitative estimate of drug-likeness (QED) is 0.870. The second-order valence-corrected chi connectivity index (χ2v) is 5.44. The summed E-state index contributed by atoms with van der Waals surface area (Å²) in [7, 11) is 1.62. The maximum atomic E-state index is 12.1. The summed E-state index contributed by atoms with van der Waals surface area (Å²) in [6.07, 6.45) is 2.11. The number of amides is 1. The van der Waals surface area contributed by atoms with Crippen LogP contribution >= 0.6 is 0 Å². The summed E-state index contributed by atoms with van der Waals surface area (Å²) in [5, 5.41) is 8.78. The number of aliphatic carboxylic acids is 1. The molecule has 1 N–H and O–H groups in total. The lowest BCUT2D eigenvalue weighted by molar-refractivity contribution is -0.138. The Hall–Kier alpha value is -2.04. The summed E-state index contributed by atoms with van der Waals surface area (Å²) in [4.78, 5) is 24.6. The summed E-state index contributed by atoms with van der Waals surface area (Å²) >= 11 is 0. The molecule has 1 atom stereocenters. The van der Waals surface area contributed by atoms with Crippen molar-refractivity contribution in [2.24, 2.45) is 5.92 Å². The van der Waals surface area contributed by atoms with E-state index in [0.717, 1.165) is 17.7 Å². The van der Waals surface area contributed by atoms with Crippen molar-refractivity contribution in [3.63, 3.8) is 0 Å². The molecule has 1 unspecified atom stereocenters. The van der Waals surface area contributed by atoms with Crippen LogP contribution < -0.4 is 4.74 Å². The van der Waals surface area contributed by atoms with E-state index in [9.17, 15) is 9.59 Å². The van der Waals surface area contributed by atoms with Crippen molar-refractivity contribution in [1.29, 1.82) is 0 Å². The van der Waals surface area contributed by atoms with Crippen molar-refractivity contribution >= 4 is 11.9 Å². The van der Waals surface area contributed by atoms with Crippen LogP contribution in [0.3, 0.4) is 0 Å². The highest BCUT2D eigenvalue weighted by Gasteiger charge is 2.27. The summed E-state index contributed by atoms with van der Waals surface area (Å²) in [6.45, 7) is 1.26. The molecular weight excluding hydrogens is 270 g/mol. The molecule has 0 saturated carbocycles. The Bertz CT molecular complexity index is 498. The third kappa shape index (κ3) is 4.48. The van der Waals surface area contributed by atoms with E-state index in [1.165, 1.54) is 0 Å². The normalized spacial score (nSPS) is 17.8. The van der Waals surface area contributed by atoms with Gasteiger partial charge in [0, 0.05) is 25.9 Å². The van der Waals surface area contributed by atoms with E-state index < -0.39 is 5.97 Å². The summed E-state index contributed by atoms with van der Waals surface area (Å²) < 4.78 is 5.10. The van der Waals surface area contributed by atoms with Crippen LogP contribution in [0.15, 0.2) is 24.3 Å². The Kier molecular flexibility index (Phi) is 5.20. The number of rotatable bonds is 6. The molecule has 5 nitrogen and oxygen atoms in total. The molecule has 1 aliphatic rings. The molecule has 0 aromatic heterocycles. The first-order valence-corrected chi connectivity index (χ1v) is 7.21. The van der Waals surface area contributed by atoms with Gasteiger partial charge in [0.25, 0.3) is 0 Å². The highest BCUT2D eigenvalue weighted by molar-refractivity contribution is 5.77. The molecule has 0 bridgehead atoms. The van der Waals surface area contributed by atoms with Gasteiger partial charge in [-0.3, -0.25) is 9.59 Å². The number of carbonyl (C=O) groups is 2. The van der Waals surface area contributed by atoms with Crippen LogP contribution in [0.5, 0.6) is 5.75 Å². The van der Waals surface area contributed by atoms with Gasteiger partial charge < -0.3 is 14.7 Å². The number of nitrogens with zero attached hydrogens (tertiary/aromatic N) is 1. The van der Waals surface area contributed by atoms with Gasteiger partial charge in [-0.1, -0.05) is 12.1 Å². The highest BCUT2D eigenvalue weighted by Crippen LogP contribution is 2.21. The molecule has 0 radical (unpaired) electrons. The highest BCUT2D eigenvalue weighted by atomic mass is 16.5. The van der Waals surface area contributed by atoms with Crippen LogP contribution in [0.2, 0.25) is 0 Å². The van der Waals surface area contributed by atoms with Crippen molar-refractivity contribution in [3.8, 4) is 5.75 Å². The van der Waals surface area contributed by atoms with Gasteiger partial charge >= 0.3 is 5.97 Å². The maximum absolute atomic E-state index is 12.1. The van der Waals surface area contributed by atoms with Crippen LogP contribution in [0.4, 0.5) is 0 Å². The minimum Gasteiger partial charge on any atom is -0.497 e. The standard InChI is InChI=1S/C16H21NO4/c1-21-14-5-2-12(3-6-14)4-7-15(18)17-9-8-13(11-17)10-16(19)20/h2-3,5-6,13H,4,7-11H2,1H3,(H,19,20).